The Morgan fingerprint density at radius 3 is 2.80 bits per heavy atom. The minimum atomic E-state index is -0.261. The Morgan fingerprint density at radius 2 is 2.20 bits per heavy atom. The van der Waals surface area contributed by atoms with Crippen molar-refractivity contribution >= 4 is 23.2 Å². The lowest BCUT2D eigenvalue weighted by Crippen LogP contribution is -2.27. The van der Waals surface area contributed by atoms with Crippen molar-refractivity contribution in [2.24, 2.45) is 5.92 Å². The molecule has 2 rings (SSSR count). The van der Waals surface area contributed by atoms with Gasteiger partial charge in [0.05, 0.1) is 6.10 Å². The highest BCUT2D eigenvalue weighted by Crippen LogP contribution is 2.19. The van der Waals surface area contributed by atoms with Crippen LogP contribution in [-0.4, -0.2) is 41.7 Å². The Kier molecular flexibility index (Phi) is 5.40. The highest BCUT2D eigenvalue weighted by Gasteiger charge is 2.25. The summed E-state index contributed by atoms with van der Waals surface area (Å²) in [6.45, 7) is 4.42. The quantitative estimate of drug-likeness (QED) is 0.877. The van der Waals surface area contributed by atoms with Crippen molar-refractivity contribution in [2.45, 2.75) is 25.9 Å². The van der Waals surface area contributed by atoms with E-state index >= 15 is 0 Å². The van der Waals surface area contributed by atoms with E-state index in [1.165, 1.54) is 0 Å². The molecule has 2 N–H and O–H groups in total. The molecule has 0 aromatic heterocycles. The van der Waals surface area contributed by atoms with Gasteiger partial charge in [0.2, 0.25) is 5.91 Å². The highest BCUT2D eigenvalue weighted by molar-refractivity contribution is 6.30. The number of hydrogen-bond donors (Lipinski definition) is 2. The third kappa shape index (κ3) is 4.47. The van der Waals surface area contributed by atoms with Gasteiger partial charge in [-0.1, -0.05) is 11.6 Å². The van der Waals surface area contributed by atoms with Gasteiger partial charge in [0.1, 0.15) is 0 Å². The van der Waals surface area contributed by atoms with E-state index < -0.39 is 0 Å². The van der Waals surface area contributed by atoms with Crippen LogP contribution in [0, 0.1) is 5.92 Å². The molecule has 2 atom stereocenters. The van der Waals surface area contributed by atoms with E-state index in [4.69, 9.17) is 11.6 Å². The summed E-state index contributed by atoms with van der Waals surface area (Å²) in [5.41, 5.74) is 0.766. The van der Waals surface area contributed by atoms with Crippen LogP contribution in [0.15, 0.2) is 24.3 Å². The predicted molar refractivity (Wildman–Crippen MR) is 80.9 cm³/mol. The molecule has 1 aliphatic rings. The molecule has 1 heterocycles. The van der Waals surface area contributed by atoms with Crippen LogP contribution in [0.5, 0.6) is 0 Å². The number of nitrogens with one attached hydrogen (secondary N) is 1. The first-order valence-corrected chi connectivity index (χ1v) is 7.38. The molecule has 4 nitrogen and oxygen atoms in total. The largest absolute Gasteiger partial charge is 0.393 e. The fourth-order valence-electron chi connectivity index (χ4n) is 2.48. The molecule has 0 radical (unpaired) electrons. The lowest BCUT2D eigenvalue weighted by molar-refractivity contribution is -0.116. The Labute approximate surface area is 124 Å². The van der Waals surface area contributed by atoms with E-state index in [9.17, 15) is 9.90 Å². The van der Waals surface area contributed by atoms with Gasteiger partial charge in [-0.2, -0.15) is 0 Å². The van der Waals surface area contributed by atoms with E-state index in [1.54, 1.807) is 24.3 Å². The van der Waals surface area contributed by atoms with E-state index in [-0.39, 0.29) is 12.0 Å². The fourth-order valence-corrected chi connectivity index (χ4v) is 2.60. The first-order chi connectivity index (χ1) is 9.54. The van der Waals surface area contributed by atoms with Gasteiger partial charge in [-0.15, -0.1) is 0 Å². The molecular formula is C15H21ClN2O2. The first-order valence-electron chi connectivity index (χ1n) is 7.00. The maximum atomic E-state index is 11.8. The van der Waals surface area contributed by atoms with Gasteiger partial charge in [-0.3, -0.25) is 4.79 Å². The number of amides is 1. The zero-order chi connectivity index (χ0) is 14.5. The monoisotopic (exact) mass is 296 g/mol. The number of carbonyl (C=O) groups excluding carboxylic acids is 1. The number of benzene rings is 1. The lowest BCUT2D eigenvalue weighted by atomic mass is 10.0. The van der Waals surface area contributed by atoms with Gasteiger partial charge in [0.25, 0.3) is 0 Å². The second-order valence-electron chi connectivity index (χ2n) is 5.40. The fraction of sp³-hybridized carbons (Fsp3) is 0.533. The number of aliphatic hydroxyl groups is 1. The van der Waals surface area contributed by atoms with Gasteiger partial charge < -0.3 is 15.3 Å². The molecule has 1 saturated heterocycles. The maximum absolute atomic E-state index is 11.8. The van der Waals surface area contributed by atoms with Gasteiger partial charge in [0.15, 0.2) is 0 Å². The normalized spacial score (nSPS) is 20.9. The number of aliphatic hydroxyl groups excluding tert-OH is 1. The molecule has 0 bridgehead atoms. The van der Waals surface area contributed by atoms with Crippen molar-refractivity contribution < 1.29 is 9.90 Å². The SMILES string of the molecule is CC(O)C1CCN(CCC(=O)Nc2ccc(Cl)cc2)C1. The summed E-state index contributed by atoms with van der Waals surface area (Å²) in [4.78, 5) is 14.1. The van der Waals surface area contributed by atoms with Gasteiger partial charge >= 0.3 is 0 Å². The summed E-state index contributed by atoms with van der Waals surface area (Å²) >= 11 is 5.79. The van der Waals surface area contributed by atoms with Crippen LogP contribution in [0.3, 0.4) is 0 Å². The van der Waals surface area contributed by atoms with Crippen LogP contribution >= 0.6 is 11.6 Å². The molecule has 0 saturated carbocycles. The van der Waals surface area contributed by atoms with Crippen molar-refractivity contribution in [1.82, 2.24) is 4.90 Å². The van der Waals surface area contributed by atoms with Gasteiger partial charge in [-0.25, -0.2) is 0 Å². The van der Waals surface area contributed by atoms with Crippen molar-refractivity contribution in [1.29, 1.82) is 0 Å². The molecule has 5 heteroatoms. The van der Waals surface area contributed by atoms with Crippen LogP contribution in [0.4, 0.5) is 5.69 Å². The van der Waals surface area contributed by atoms with Crippen molar-refractivity contribution in [3.63, 3.8) is 0 Å². The summed E-state index contributed by atoms with van der Waals surface area (Å²) in [5.74, 6) is 0.349. The number of halogens is 1. The number of carbonyl (C=O) groups is 1. The van der Waals surface area contributed by atoms with Crippen LogP contribution in [0.1, 0.15) is 19.8 Å². The molecule has 0 spiro atoms. The molecule has 0 aliphatic carbocycles. The minimum Gasteiger partial charge on any atom is -0.393 e. The number of rotatable bonds is 5. The zero-order valence-corrected chi connectivity index (χ0v) is 12.4. The summed E-state index contributed by atoms with van der Waals surface area (Å²) in [5, 5.41) is 13.1. The Morgan fingerprint density at radius 1 is 1.50 bits per heavy atom. The van der Waals surface area contributed by atoms with Crippen LogP contribution in [0.2, 0.25) is 5.02 Å². The minimum absolute atomic E-state index is 0.00724. The third-order valence-electron chi connectivity index (χ3n) is 3.77. The molecule has 110 valence electrons. The number of nitrogens with zero attached hydrogens (tertiary/aromatic N) is 1. The summed E-state index contributed by atoms with van der Waals surface area (Å²) in [6.07, 6.45) is 1.22. The number of anilines is 1. The van der Waals surface area contributed by atoms with Crippen molar-refractivity contribution in [3.8, 4) is 0 Å². The average molecular weight is 297 g/mol. The summed E-state index contributed by atoms with van der Waals surface area (Å²) in [7, 11) is 0. The second kappa shape index (κ2) is 7.07. The molecule has 1 aliphatic heterocycles. The number of hydrogen-bond acceptors (Lipinski definition) is 3. The lowest BCUT2D eigenvalue weighted by Gasteiger charge is -2.17. The van der Waals surface area contributed by atoms with Crippen molar-refractivity contribution in [2.75, 3.05) is 25.0 Å². The molecular weight excluding hydrogens is 276 g/mol. The molecule has 1 fully saturated rings. The Balaban J connectivity index is 1.72. The van der Waals surface area contributed by atoms with Gasteiger partial charge in [0, 0.05) is 30.2 Å². The van der Waals surface area contributed by atoms with E-state index in [0.717, 1.165) is 31.7 Å². The second-order valence-corrected chi connectivity index (χ2v) is 5.83. The van der Waals surface area contributed by atoms with Crippen LogP contribution < -0.4 is 5.32 Å². The van der Waals surface area contributed by atoms with E-state index in [2.05, 4.69) is 10.2 Å². The van der Waals surface area contributed by atoms with Crippen molar-refractivity contribution in [3.05, 3.63) is 29.3 Å². The van der Waals surface area contributed by atoms with Crippen LogP contribution in [0.25, 0.3) is 0 Å². The highest BCUT2D eigenvalue weighted by atomic mass is 35.5. The zero-order valence-electron chi connectivity index (χ0n) is 11.7. The summed E-state index contributed by atoms with van der Waals surface area (Å²) < 4.78 is 0. The molecule has 20 heavy (non-hydrogen) atoms. The maximum Gasteiger partial charge on any atom is 0.225 e. The Hall–Kier alpha value is -1.10. The number of likely N-dealkylation sites (tertiary alicyclic amines) is 1. The van der Waals surface area contributed by atoms with Gasteiger partial charge in [-0.05, 0) is 50.1 Å². The third-order valence-corrected chi connectivity index (χ3v) is 4.03. The Bertz CT molecular complexity index is 448. The van der Waals surface area contributed by atoms with E-state index in [0.29, 0.717) is 17.4 Å². The molecule has 2 unspecified atom stereocenters. The summed E-state index contributed by atoms with van der Waals surface area (Å²) in [6, 6.07) is 7.09. The standard InChI is InChI=1S/C15H21ClN2O2/c1-11(19)12-6-8-18(10-12)9-7-15(20)17-14-4-2-13(16)3-5-14/h2-5,11-12,19H,6-10H2,1H3,(H,17,20). The van der Waals surface area contributed by atoms with E-state index in [1.807, 2.05) is 6.92 Å². The smallest absolute Gasteiger partial charge is 0.225 e. The average Bonchev–Trinajstić information content (AvgIpc) is 2.88. The first kappa shape index (κ1) is 15.3. The topological polar surface area (TPSA) is 52.6 Å². The molecule has 1 aromatic carbocycles. The predicted octanol–water partition coefficient (Wildman–Crippen LogP) is 2.37. The molecule has 1 amide bonds. The molecule has 1 aromatic rings. The van der Waals surface area contributed by atoms with Crippen LogP contribution in [-0.2, 0) is 4.79 Å².